The topological polar surface area (TPSA) is 50.7 Å². The van der Waals surface area contributed by atoms with Crippen LogP contribution in [0, 0.1) is 0 Å². The van der Waals surface area contributed by atoms with Crippen LogP contribution in [0.5, 0.6) is 5.75 Å². The number of hydrogen-bond acceptors (Lipinski definition) is 4. The fourth-order valence-corrected chi connectivity index (χ4v) is 2.15. The van der Waals surface area contributed by atoms with Gasteiger partial charge < -0.3 is 19.7 Å². The second-order valence-electron chi connectivity index (χ2n) is 4.63. The van der Waals surface area contributed by atoms with E-state index in [9.17, 15) is 5.02 Å². The van der Waals surface area contributed by atoms with Crippen LogP contribution in [0.2, 0.25) is 0 Å². The fourth-order valence-electron chi connectivity index (χ4n) is 2.15. The van der Waals surface area contributed by atoms with Crippen LogP contribution in [0.3, 0.4) is 0 Å². The molecule has 0 spiro atoms. The molecular formula is C13H20BNO3. The van der Waals surface area contributed by atoms with Gasteiger partial charge in [-0.1, -0.05) is 19.1 Å². The Morgan fingerprint density at radius 2 is 2.33 bits per heavy atom. The molecule has 1 aliphatic heterocycles. The van der Waals surface area contributed by atoms with E-state index >= 15 is 0 Å². The van der Waals surface area contributed by atoms with Gasteiger partial charge >= 0.3 is 7.12 Å². The van der Waals surface area contributed by atoms with Crippen LogP contribution < -0.4 is 15.5 Å². The zero-order valence-electron chi connectivity index (χ0n) is 11.1. The molecule has 0 amide bonds. The lowest BCUT2D eigenvalue weighted by Gasteiger charge is -2.16. The van der Waals surface area contributed by atoms with Gasteiger partial charge in [-0.15, -0.1) is 0 Å². The van der Waals surface area contributed by atoms with E-state index in [4.69, 9.17) is 9.39 Å². The Morgan fingerprint density at radius 1 is 1.56 bits per heavy atom. The Labute approximate surface area is 108 Å². The standard InChI is InChI=1S/C13H20BNO3/c1-4-9(2)17-11-7-5-6-10-12(8-15-3)18-14(16)13(10)11/h5-7,9,12,15-16H,4,8H2,1-3H3. The first-order valence-corrected chi connectivity index (χ1v) is 6.45. The van der Waals surface area contributed by atoms with Gasteiger partial charge in [0.2, 0.25) is 0 Å². The monoisotopic (exact) mass is 249 g/mol. The van der Waals surface area contributed by atoms with E-state index in [1.165, 1.54) is 0 Å². The highest BCUT2D eigenvalue weighted by Gasteiger charge is 2.37. The highest BCUT2D eigenvalue weighted by Crippen LogP contribution is 2.27. The lowest BCUT2D eigenvalue weighted by Crippen LogP contribution is -2.31. The van der Waals surface area contributed by atoms with E-state index in [1.807, 2.05) is 32.2 Å². The van der Waals surface area contributed by atoms with Crippen molar-refractivity contribution >= 4 is 12.6 Å². The molecule has 0 fully saturated rings. The molecule has 2 atom stereocenters. The quantitative estimate of drug-likeness (QED) is 0.759. The Bertz CT molecular complexity index is 413. The molecule has 0 aromatic heterocycles. The van der Waals surface area contributed by atoms with Crippen LogP contribution in [0.25, 0.3) is 0 Å². The molecule has 2 rings (SSSR count). The zero-order chi connectivity index (χ0) is 13.1. The van der Waals surface area contributed by atoms with E-state index < -0.39 is 7.12 Å². The van der Waals surface area contributed by atoms with Gasteiger partial charge in [-0.2, -0.15) is 0 Å². The fraction of sp³-hybridized carbons (Fsp3) is 0.538. The Hall–Kier alpha value is -1.04. The maximum atomic E-state index is 10.0. The summed E-state index contributed by atoms with van der Waals surface area (Å²) in [5, 5.41) is 13.1. The van der Waals surface area contributed by atoms with Crippen molar-refractivity contribution < 1.29 is 14.4 Å². The molecule has 0 saturated carbocycles. The van der Waals surface area contributed by atoms with Crippen LogP contribution in [0.1, 0.15) is 31.9 Å². The lowest BCUT2D eigenvalue weighted by atomic mass is 9.78. The Kier molecular flexibility index (Phi) is 4.27. The van der Waals surface area contributed by atoms with Crippen molar-refractivity contribution in [3.63, 3.8) is 0 Å². The van der Waals surface area contributed by atoms with Gasteiger partial charge in [-0.05, 0) is 32.0 Å². The third kappa shape index (κ3) is 2.53. The molecule has 18 heavy (non-hydrogen) atoms. The summed E-state index contributed by atoms with van der Waals surface area (Å²) in [7, 11) is 0.978. The normalized spacial score (nSPS) is 19.8. The summed E-state index contributed by atoms with van der Waals surface area (Å²) in [5.74, 6) is 0.730. The third-order valence-corrected chi connectivity index (χ3v) is 3.28. The Balaban J connectivity index is 2.29. The van der Waals surface area contributed by atoms with Crippen molar-refractivity contribution in [1.29, 1.82) is 0 Å². The predicted molar refractivity (Wildman–Crippen MR) is 72.2 cm³/mol. The summed E-state index contributed by atoms with van der Waals surface area (Å²) < 4.78 is 11.4. The van der Waals surface area contributed by atoms with E-state index in [0.29, 0.717) is 6.54 Å². The number of rotatable bonds is 5. The summed E-state index contributed by atoms with van der Waals surface area (Å²) in [6.07, 6.45) is 0.952. The third-order valence-electron chi connectivity index (χ3n) is 3.28. The van der Waals surface area contributed by atoms with Gasteiger partial charge in [0.15, 0.2) is 0 Å². The van der Waals surface area contributed by atoms with Crippen molar-refractivity contribution in [3.05, 3.63) is 23.8 Å². The number of fused-ring (bicyclic) bond motifs is 1. The molecule has 1 heterocycles. The number of benzene rings is 1. The molecule has 0 aliphatic carbocycles. The van der Waals surface area contributed by atoms with Crippen LogP contribution in [-0.4, -0.2) is 31.8 Å². The van der Waals surface area contributed by atoms with E-state index in [2.05, 4.69) is 12.2 Å². The molecule has 0 bridgehead atoms. The molecule has 1 aromatic rings. The summed E-state index contributed by atoms with van der Waals surface area (Å²) in [6, 6.07) is 5.82. The first kappa shape index (κ1) is 13.4. The second-order valence-corrected chi connectivity index (χ2v) is 4.63. The molecule has 1 aliphatic rings. The molecule has 2 N–H and O–H groups in total. The van der Waals surface area contributed by atoms with Gasteiger partial charge in [0.25, 0.3) is 0 Å². The first-order chi connectivity index (χ1) is 8.67. The average molecular weight is 249 g/mol. The zero-order valence-corrected chi connectivity index (χ0v) is 11.1. The second kappa shape index (κ2) is 5.74. The maximum absolute atomic E-state index is 10.0. The van der Waals surface area contributed by atoms with Gasteiger partial charge in [-0.3, -0.25) is 0 Å². The Morgan fingerprint density at radius 3 is 3.00 bits per heavy atom. The number of nitrogens with one attached hydrogen (secondary N) is 1. The van der Waals surface area contributed by atoms with E-state index in [-0.39, 0.29) is 12.2 Å². The highest BCUT2D eigenvalue weighted by molar-refractivity contribution is 6.62. The smallest absolute Gasteiger partial charge is 0.491 e. The van der Waals surface area contributed by atoms with Crippen molar-refractivity contribution in [1.82, 2.24) is 5.32 Å². The van der Waals surface area contributed by atoms with Crippen molar-refractivity contribution in [2.75, 3.05) is 13.6 Å². The number of likely N-dealkylation sites (N-methyl/N-ethyl adjacent to an activating group) is 1. The molecule has 98 valence electrons. The summed E-state index contributed by atoms with van der Waals surface area (Å²) in [6.45, 7) is 4.77. The van der Waals surface area contributed by atoms with Crippen molar-refractivity contribution in [3.8, 4) is 5.75 Å². The van der Waals surface area contributed by atoms with Gasteiger partial charge in [0.05, 0.1) is 12.2 Å². The molecular weight excluding hydrogens is 229 g/mol. The molecule has 0 radical (unpaired) electrons. The molecule has 2 unspecified atom stereocenters. The minimum atomic E-state index is -0.890. The summed E-state index contributed by atoms with van der Waals surface area (Å²) >= 11 is 0. The predicted octanol–water partition coefficient (Wildman–Crippen LogP) is 0.842. The largest absolute Gasteiger partial charge is 0.495 e. The lowest BCUT2D eigenvalue weighted by molar-refractivity contribution is 0.190. The number of ether oxygens (including phenoxy) is 1. The molecule has 0 saturated heterocycles. The SMILES string of the molecule is CCC(C)Oc1cccc2c1B(O)OC2CNC. The van der Waals surface area contributed by atoms with E-state index in [1.54, 1.807) is 0 Å². The van der Waals surface area contributed by atoms with Gasteiger partial charge in [0.1, 0.15) is 5.75 Å². The van der Waals surface area contributed by atoms with Crippen LogP contribution in [0.4, 0.5) is 0 Å². The minimum Gasteiger partial charge on any atom is -0.491 e. The number of hydrogen-bond donors (Lipinski definition) is 2. The maximum Gasteiger partial charge on any atom is 0.495 e. The van der Waals surface area contributed by atoms with Gasteiger partial charge in [-0.25, -0.2) is 0 Å². The molecule has 4 nitrogen and oxygen atoms in total. The van der Waals surface area contributed by atoms with Crippen LogP contribution >= 0.6 is 0 Å². The average Bonchev–Trinajstić information content (AvgIpc) is 2.68. The summed E-state index contributed by atoms with van der Waals surface area (Å²) in [5.41, 5.74) is 1.79. The van der Waals surface area contributed by atoms with Crippen LogP contribution in [-0.2, 0) is 4.65 Å². The van der Waals surface area contributed by atoms with Gasteiger partial charge in [0, 0.05) is 12.0 Å². The van der Waals surface area contributed by atoms with Crippen molar-refractivity contribution in [2.45, 2.75) is 32.5 Å². The summed E-state index contributed by atoms with van der Waals surface area (Å²) in [4.78, 5) is 0. The van der Waals surface area contributed by atoms with Crippen LogP contribution in [0.15, 0.2) is 18.2 Å². The highest BCUT2D eigenvalue weighted by atomic mass is 16.5. The molecule has 1 aromatic carbocycles. The first-order valence-electron chi connectivity index (χ1n) is 6.45. The van der Waals surface area contributed by atoms with E-state index in [0.717, 1.165) is 23.2 Å². The van der Waals surface area contributed by atoms with Crippen molar-refractivity contribution in [2.24, 2.45) is 0 Å². The molecule has 5 heteroatoms. The minimum absolute atomic E-state index is 0.111.